The lowest BCUT2D eigenvalue weighted by Crippen LogP contribution is -2.18. The molecule has 1 fully saturated rings. The lowest BCUT2D eigenvalue weighted by Gasteiger charge is -2.22. The van der Waals surface area contributed by atoms with Gasteiger partial charge in [-0.15, -0.1) is 0 Å². The number of aliphatic carboxylic acids is 1. The summed E-state index contributed by atoms with van der Waals surface area (Å²) in [6, 6.07) is 2.79. The maximum absolute atomic E-state index is 14.6. The Morgan fingerprint density at radius 3 is 2.57 bits per heavy atom. The van der Waals surface area contributed by atoms with Gasteiger partial charge in [-0.25, -0.2) is 13.2 Å². The molecule has 1 atom stereocenters. The van der Waals surface area contributed by atoms with E-state index >= 15 is 0 Å². The number of hydrogen-bond donors (Lipinski definition) is 2. The van der Waals surface area contributed by atoms with E-state index in [4.69, 9.17) is 14.2 Å². The van der Waals surface area contributed by atoms with Crippen molar-refractivity contribution < 1.29 is 37.3 Å². The zero-order valence-corrected chi connectivity index (χ0v) is 16.2. The second-order valence-corrected chi connectivity index (χ2v) is 6.48. The number of carboxylic acids is 1. The summed E-state index contributed by atoms with van der Waals surface area (Å²) in [7, 11) is 1.31. The molecule has 1 saturated heterocycles. The third kappa shape index (κ3) is 4.62. The minimum atomic E-state index is -2.96. The van der Waals surface area contributed by atoms with E-state index in [9.17, 15) is 23.1 Å². The van der Waals surface area contributed by atoms with Gasteiger partial charge in [0.05, 0.1) is 49.6 Å². The largest absolute Gasteiger partial charge is 0.481 e. The smallest absolute Gasteiger partial charge is 0.318 e. The lowest BCUT2D eigenvalue weighted by atomic mass is 10.0. The molecule has 8 nitrogen and oxygen atoms in total. The number of ether oxygens (including phenoxy) is 3. The van der Waals surface area contributed by atoms with E-state index in [0.29, 0.717) is 0 Å². The SMILES string of the molecule is COc1nc(CC(=O)O)c(C2OCCO2)c(NC(C)c2cccc(C(F)F)c2F)n1. The normalized spacial score (nSPS) is 15.4. The highest BCUT2D eigenvalue weighted by molar-refractivity contribution is 5.71. The summed E-state index contributed by atoms with van der Waals surface area (Å²) in [5.74, 6) is -2.08. The Morgan fingerprint density at radius 2 is 1.97 bits per heavy atom. The molecule has 0 bridgehead atoms. The highest BCUT2D eigenvalue weighted by atomic mass is 19.3. The van der Waals surface area contributed by atoms with E-state index in [-0.39, 0.29) is 41.9 Å². The summed E-state index contributed by atoms with van der Waals surface area (Å²) in [5.41, 5.74) is -0.397. The van der Waals surface area contributed by atoms with Crippen LogP contribution < -0.4 is 10.1 Å². The van der Waals surface area contributed by atoms with Crippen LogP contribution in [0.5, 0.6) is 6.01 Å². The van der Waals surface area contributed by atoms with Crippen LogP contribution in [0.2, 0.25) is 0 Å². The van der Waals surface area contributed by atoms with Crippen LogP contribution >= 0.6 is 0 Å². The van der Waals surface area contributed by atoms with E-state index < -0.39 is 42.5 Å². The monoisotopic (exact) mass is 427 g/mol. The quantitative estimate of drug-likeness (QED) is 0.661. The molecule has 1 unspecified atom stereocenters. The Kier molecular flexibility index (Phi) is 6.73. The van der Waals surface area contributed by atoms with Gasteiger partial charge in [0.2, 0.25) is 0 Å². The minimum Gasteiger partial charge on any atom is -0.481 e. The molecular weight excluding hydrogens is 407 g/mol. The molecule has 1 aromatic heterocycles. The van der Waals surface area contributed by atoms with Crippen LogP contribution in [-0.2, 0) is 20.7 Å². The lowest BCUT2D eigenvalue weighted by molar-refractivity contribution is -0.136. The number of halogens is 3. The molecule has 162 valence electrons. The summed E-state index contributed by atoms with van der Waals surface area (Å²) in [6.45, 7) is 2.12. The van der Waals surface area contributed by atoms with E-state index in [1.807, 2.05) is 0 Å². The zero-order chi connectivity index (χ0) is 21.8. The maximum Gasteiger partial charge on any atom is 0.318 e. The Morgan fingerprint density at radius 1 is 1.30 bits per heavy atom. The fraction of sp³-hybridized carbons (Fsp3) is 0.421. The van der Waals surface area contributed by atoms with Crippen LogP contribution in [0.1, 0.15) is 48.1 Å². The Hall–Kier alpha value is -2.92. The predicted octanol–water partition coefficient (Wildman–Crippen LogP) is 3.41. The van der Waals surface area contributed by atoms with Crippen molar-refractivity contribution in [2.75, 3.05) is 25.6 Å². The average Bonchev–Trinajstić information content (AvgIpc) is 3.21. The van der Waals surface area contributed by atoms with Gasteiger partial charge in [0.25, 0.3) is 6.43 Å². The molecule has 1 aromatic carbocycles. The predicted molar refractivity (Wildman–Crippen MR) is 98.0 cm³/mol. The molecule has 0 saturated carbocycles. The van der Waals surface area contributed by atoms with Crippen molar-refractivity contribution in [3.8, 4) is 6.01 Å². The first-order chi connectivity index (χ1) is 14.3. The molecule has 0 radical (unpaired) electrons. The third-order valence-corrected chi connectivity index (χ3v) is 4.48. The number of aromatic nitrogens is 2. The van der Waals surface area contributed by atoms with Gasteiger partial charge in [0, 0.05) is 5.56 Å². The summed E-state index contributed by atoms with van der Waals surface area (Å²) in [4.78, 5) is 19.6. The van der Waals surface area contributed by atoms with Gasteiger partial charge in [0.15, 0.2) is 6.29 Å². The number of hydrogen-bond acceptors (Lipinski definition) is 7. The van der Waals surface area contributed by atoms with Gasteiger partial charge < -0.3 is 24.6 Å². The second kappa shape index (κ2) is 9.26. The number of alkyl halides is 2. The van der Waals surface area contributed by atoms with Gasteiger partial charge in [-0.2, -0.15) is 9.97 Å². The first-order valence-electron chi connectivity index (χ1n) is 9.04. The standard InChI is InChI=1S/C19H20F3N3O5/c1-9(10-4-3-5-11(15(10)20)16(21)22)23-17-14(18-29-6-7-30-18)12(8-13(26)27)24-19(25-17)28-2/h3-5,9,16,18H,6-8H2,1-2H3,(H,26,27)(H,23,24,25). The summed E-state index contributed by atoms with van der Waals surface area (Å²) in [5, 5.41) is 12.2. The third-order valence-electron chi connectivity index (χ3n) is 4.48. The van der Waals surface area contributed by atoms with Crippen LogP contribution in [0.25, 0.3) is 0 Å². The maximum atomic E-state index is 14.6. The first-order valence-corrected chi connectivity index (χ1v) is 9.04. The van der Waals surface area contributed by atoms with Crippen LogP contribution in [0, 0.1) is 5.82 Å². The number of nitrogens with zero attached hydrogens (tertiary/aromatic N) is 2. The van der Waals surface area contributed by atoms with Crippen molar-refractivity contribution in [1.29, 1.82) is 0 Å². The van der Waals surface area contributed by atoms with Gasteiger partial charge in [-0.3, -0.25) is 4.79 Å². The number of rotatable bonds is 8. The van der Waals surface area contributed by atoms with Gasteiger partial charge in [-0.05, 0) is 6.92 Å². The van der Waals surface area contributed by atoms with Crippen molar-refractivity contribution in [2.45, 2.75) is 32.1 Å². The Balaban J connectivity index is 2.04. The van der Waals surface area contributed by atoms with Crippen molar-refractivity contribution in [3.63, 3.8) is 0 Å². The van der Waals surface area contributed by atoms with Crippen molar-refractivity contribution >= 4 is 11.8 Å². The fourth-order valence-electron chi connectivity index (χ4n) is 3.10. The van der Waals surface area contributed by atoms with Crippen molar-refractivity contribution in [3.05, 3.63) is 46.4 Å². The summed E-state index contributed by atoms with van der Waals surface area (Å²) < 4.78 is 56.7. The van der Waals surface area contributed by atoms with Gasteiger partial charge >= 0.3 is 12.0 Å². The van der Waals surface area contributed by atoms with Gasteiger partial charge in [-0.1, -0.05) is 18.2 Å². The summed E-state index contributed by atoms with van der Waals surface area (Å²) >= 11 is 0. The summed E-state index contributed by atoms with van der Waals surface area (Å²) in [6.07, 6.45) is -4.36. The van der Waals surface area contributed by atoms with Crippen LogP contribution in [0.15, 0.2) is 18.2 Å². The van der Waals surface area contributed by atoms with Crippen LogP contribution in [0.3, 0.4) is 0 Å². The Labute approximate surface area is 170 Å². The first kappa shape index (κ1) is 21.8. The van der Waals surface area contributed by atoms with E-state index in [0.717, 1.165) is 6.07 Å². The molecule has 2 heterocycles. The Bertz CT molecular complexity index is 923. The van der Waals surface area contributed by atoms with Gasteiger partial charge in [0.1, 0.15) is 11.6 Å². The highest BCUT2D eigenvalue weighted by Crippen LogP contribution is 2.35. The van der Waals surface area contributed by atoms with Crippen LogP contribution in [-0.4, -0.2) is 41.4 Å². The number of benzene rings is 1. The highest BCUT2D eigenvalue weighted by Gasteiger charge is 2.30. The second-order valence-electron chi connectivity index (χ2n) is 6.48. The number of carboxylic acid groups (broad SMARTS) is 1. The molecule has 2 aromatic rings. The molecular formula is C19H20F3N3O5. The van der Waals surface area contributed by atoms with Crippen LogP contribution in [0.4, 0.5) is 19.0 Å². The van der Waals surface area contributed by atoms with Crippen molar-refractivity contribution in [1.82, 2.24) is 9.97 Å². The van der Waals surface area contributed by atoms with E-state index in [1.165, 1.54) is 19.2 Å². The number of nitrogens with one attached hydrogen (secondary N) is 1. The minimum absolute atomic E-state index is 0.00984. The fourth-order valence-corrected chi connectivity index (χ4v) is 3.10. The molecule has 1 aliphatic heterocycles. The molecule has 3 rings (SSSR count). The van der Waals surface area contributed by atoms with E-state index in [2.05, 4.69) is 15.3 Å². The molecule has 30 heavy (non-hydrogen) atoms. The molecule has 11 heteroatoms. The zero-order valence-electron chi connectivity index (χ0n) is 16.2. The molecule has 2 N–H and O–H groups in total. The number of carbonyl (C=O) groups is 1. The molecule has 0 aliphatic carbocycles. The number of anilines is 1. The molecule has 0 spiro atoms. The topological polar surface area (TPSA) is 103 Å². The molecule has 0 amide bonds. The molecule has 1 aliphatic rings. The van der Waals surface area contributed by atoms with Crippen molar-refractivity contribution in [2.24, 2.45) is 0 Å². The average molecular weight is 427 g/mol. The number of methoxy groups -OCH3 is 1. The van der Waals surface area contributed by atoms with E-state index in [1.54, 1.807) is 6.92 Å².